The fraction of sp³-hybridized carbons (Fsp3) is 0.143. The first kappa shape index (κ1) is 13.1. The van der Waals surface area contributed by atoms with Crippen LogP contribution in [0.4, 0.5) is 0 Å². The Morgan fingerprint density at radius 1 is 1.08 bits per heavy atom. The number of hydrogen-bond donors (Lipinski definition) is 1. The van der Waals surface area contributed by atoms with Gasteiger partial charge in [0.2, 0.25) is 3.79 Å². The van der Waals surface area contributed by atoms with Gasteiger partial charge >= 0.3 is 0 Å². The van der Waals surface area contributed by atoms with Crippen molar-refractivity contribution in [2.45, 2.75) is 8.69 Å². The molecule has 0 fully saturated rings. The fourth-order valence-corrected chi connectivity index (χ4v) is 1.73. The second-order valence-electron chi connectivity index (χ2n) is 2.01. The van der Waals surface area contributed by atoms with Crippen molar-refractivity contribution in [3.63, 3.8) is 0 Å². The van der Waals surface area contributed by atoms with E-state index in [1.165, 1.54) is 0 Å². The van der Waals surface area contributed by atoms with Gasteiger partial charge in [-0.15, -0.1) is 12.6 Å². The average molecular weight is 293 g/mol. The van der Waals surface area contributed by atoms with Crippen molar-refractivity contribution in [3.8, 4) is 0 Å². The Labute approximate surface area is 105 Å². The summed E-state index contributed by atoms with van der Waals surface area (Å²) >= 11 is 21.1. The van der Waals surface area contributed by atoms with Gasteiger partial charge in [0.25, 0.3) is 0 Å². The Balaban J connectivity index is 0.00000121. The summed E-state index contributed by atoms with van der Waals surface area (Å²) in [5, 5.41) is 0. The molecule has 0 amide bonds. The van der Waals surface area contributed by atoms with E-state index in [1.54, 1.807) is 18.2 Å². The molecule has 0 saturated heterocycles. The predicted octanol–water partition coefficient (Wildman–Crippen LogP) is 3.80. The van der Waals surface area contributed by atoms with E-state index in [9.17, 15) is 0 Å². The third-order valence-corrected chi connectivity index (χ3v) is 2.21. The number of hydrogen-bond acceptors (Lipinski definition) is 1. The first-order valence-corrected chi connectivity index (χ1v) is 4.45. The third kappa shape index (κ3) is 3.43. The van der Waals surface area contributed by atoms with Crippen molar-refractivity contribution in [1.29, 1.82) is 0 Å². The van der Waals surface area contributed by atoms with Gasteiger partial charge in [-0.1, -0.05) is 53.0 Å². The smallest absolute Gasteiger partial charge is 0.143 e. The largest absolute Gasteiger partial charge is 0.217 e. The Kier molecular flexibility index (Phi) is 5.52. The first-order valence-electron chi connectivity index (χ1n) is 2.87. The van der Waals surface area contributed by atoms with Crippen molar-refractivity contribution < 1.29 is 19.5 Å². The summed E-state index contributed by atoms with van der Waals surface area (Å²) < 4.78 is -1.38. The molecule has 0 aliphatic rings. The molecule has 0 heterocycles. The van der Waals surface area contributed by atoms with Crippen LogP contribution in [0.1, 0.15) is 5.56 Å². The summed E-state index contributed by atoms with van der Waals surface area (Å²) in [6, 6.07) is 7.15. The molecule has 0 unspecified atom stereocenters. The molecule has 62 valence electrons. The minimum atomic E-state index is -1.38. The normalized spacial score (nSPS) is 10.7. The maximum atomic E-state index is 5.65. The summed E-state index contributed by atoms with van der Waals surface area (Å²) in [5.41, 5.74) is 0.605. The van der Waals surface area contributed by atoms with E-state index < -0.39 is 3.79 Å². The van der Waals surface area contributed by atoms with Gasteiger partial charge in [-0.2, -0.15) is 0 Å². The zero-order valence-corrected chi connectivity index (χ0v) is 12.2. The van der Waals surface area contributed by atoms with E-state index in [0.29, 0.717) is 10.5 Å². The van der Waals surface area contributed by atoms with Crippen LogP contribution in [0.5, 0.6) is 0 Å². The second kappa shape index (κ2) is 5.07. The fourth-order valence-electron chi connectivity index (χ4n) is 0.713. The van der Waals surface area contributed by atoms with Gasteiger partial charge in [0, 0.05) is 29.9 Å². The minimum absolute atomic E-state index is 0. The van der Waals surface area contributed by atoms with E-state index in [-0.39, 0.29) is 19.5 Å². The maximum Gasteiger partial charge on any atom is 0.217 e. The topological polar surface area (TPSA) is 0 Å². The van der Waals surface area contributed by atoms with Crippen LogP contribution in [0.25, 0.3) is 0 Å². The van der Waals surface area contributed by atoms with Gasteiger partial charge in [0.1, 0.15) is 0 Å². The molecule has 1 rings (SSSR count). The Morgan fingerprint density at radius 3 is 1.92 bits per heavy atom. The van der Waals surface area contributed by atoms with Gasteiger partial charge in [-0.3, -0.25) is 0 Å². The van der Waals surface area contributed by atoms with E-state index in [2.05, 4.69) is 12.6 Å². The van der Waals surface area contributed by atoms with Crippen molar-refractivity contribution in [1.82, 2.24) is 0 Å². The van der Waals surface area contributed by atoms with Crippen LogP contribution < -0.4 is 0 Å². The van der Waals surface area contributed by atoms with Crippen LogP contribution in [-0.2, 0) is 23.3 Å². The number of thiol groups is 1. The number of rotatable bonds is 0. The molecule has 12 heavy (non-hydrogen) atoms. The Bertz CT molecular complexity index is 259. The minimum Gasteiger partial charge on any atom is -0.143 e. The molecule has 0 bridgehead atoms. The summed E-state index contributed by atoms with van der Waals surface area (Å²) in [6.07, 6.45) is 0. The molecule has 1 aromatic rings. The zero-order valence-electron chi connectivity index (χ0n) is 6.10. The summed E-state index contributed by atoms with van der Waals surface area (Å²) in [7, 11) is 0. The quantitative estimate of drug-likeness (QED) is 0.420. The number of alkyl halides is 3. The van der Waals surface area contributed by atoms with Crippen molar-refractivity contribution in [3.05, 3.63) is 29.8 Å². The van der Waals surface area contributed by atoms with Gasteiger partial charge in [-0.25, -0.2) is 0 Å². The maximum absolute atomic E-state index is 5.65. The number of benzene rings is 1. The molecular weight excluding hydrogens is 288 g/mol. The van der Waals surface area contributed by atoms with Crippen molar-refractivity contribution in [2.24, 2.45) is 0 Å². The first-order chi connectivity index (χ1) is 5.02. The molecule has 0 spiro atoms. The number of halogens is 3. The van der Waals surface area contributed by atoms with Crippen LogP contribution in [0, 0.1) is 0 Å². The van der Waals surface area contributed by atoms with Gasteiger partial charge in [0.15, 0.2) is 0 Å². The molecule has 0 nitrogen and oxygen atoms in total. The zero-order chi connectivity index (χ0) is 8.48. The van der Waals surface area contributed by atoms with Crippen molar-refractivity contribution >= 4 is 47.4 Å². The standard InChI is InChI=1S/C7H5Cl3S.Zn/c8-7(9,10)5-3-1-2-4-6(5)11;/h1-4,11H;. The summed E-state index contributed by atoms with van der Waals surface area (Å²) in [4.78, 5) is 0.688. The molecule has 5 heteroatoms. The third-order valence-electron chi connectivity index (χ3n) is 1.21. The monoisotopic (exact) mass is 290 g/mol. The van der Waals surface area contributed by atoms with Gasteiger partial charge in [0.05, 0.1) is 0 Å². The van der Waals surface area contributed by atoms with Crippen molar-refractivity contribution in [2.75, 3.05) is 0 Å². The average Bonchev–Trinajstić information content (AvgIpc) is 1.86. The van der Waals surface area contributed by atoms with Gasteiger partial charge in [-0.05, 0) is 6.07 Å². The van der Waals surface area contributed by atoms with E-state index >= 15 is 0 Å². The summed E-state index contributed by atoms with van der Waals surface area (Å²) in [5.74, 6) is 0. The molecule has 0 radical (unpaired) electrons. The predicted molar refractivity (Wildman–Crippen MR) is 52.9 cm³/mol. The molecule has 1 aromatic carbocycles. The van der Waals surface area contributed by atoms with Crippen LogP contribution in [0.3, 0.4) is 0 Å². The van der Waals surface area contributed by atoms with Crippen LogP contribution in [0.15, 0.2) is 29.2 Å². The van der Waals surface area contributed by atoms with E-state index in [4.69, 9.17) is 34.8 Å². The Morgan fingerprint density at radius 2 is 1.58 bits per heavy atom. The molecule has 0 aliphatic carbocycles. The van der Waals surface area contributed by atoms with Crippen LogP contribution in [0.2, 0.25) is 0 Å². The Hall–Kier alpha value is 1.06. The second-order valence-corrected chi connectivity index (χ2v) is 4.78. The molecular formula is C7H5Cl3SZn. The molecule has 0 aliphatic heterocycles. The molecule has 0 aromatic heterocycles. The van der Waals surface area contributed by atoms with Crippen LogP contribution >= 0.6 is 47.4 Å². The van der Waals surface area contributed by atoms with Gasteiger partial charge < -0.3 is 0 Å². The molecule has 0 N–H and O–H groups in total. The van der Waals surface area contributed by atoms with Crippen LogP contribution in [-0.4, -0.2) is 0 Å². The van der Waals surface area contributed by atoms with E-state index in [1.807, 2.05) is 6.07 Å². The summed E-state index contributed by atoms with van der Waals surface area (Å²) in [6.45, 7) is 0. The molecule has 0 atom stereocenters. The molecule has 0 saturated carbocycles. The SMILES string of the molecule is Sc1ccccc1C(Cl)(Cl)Cl.[Zn]. The van der Waals surface area contributed by atoms with E-state index in [0.717, 1.165) is 0 Å².